The maximum atomic E-state index is 11.9. The van der Waals surface area contributed by atoms with Crippen LogP contribution in [-0.2, 0) is 14.6 Å². The van der Waals surface area contributed by atoms with Crippen molar-refractivity contribution in [3.8, 4) is 0 Å². The Kier molecular flexibility index (Phi) is 4.75. The Hall–Kier alpha value is -1.31. The largest absolute Gasteiger partial charge is 0.480 e. The second kappa shape index (κ2) is 6.21. The molecule has 7 nitrogen and oxygen atoms in total. The van der Waals surface area contributed by atoms with Crippen molar-refractivity contribution in [2.45, 2.75) is 44.2 Å². The molecule has 0 aromatic carbocycles. The van der Waals surface area contributed by atoms with E-state index < -0.39 is 27.9 Å². The highest BCUT2D eigenvalue weighted by molar-refractivity contribution is 7.90. The van der Waals surface area contributed by atoms with Crippen molar-refractivity contribution in [2.75, 3.05) is 12.0 Å². The summed E-state index contributed by atoms with van der Waals surface area (Å²) in [4.78, 5) is 23.0. The molecule has 2 amide bonds. The Morgan fingerprint density at radius 3 is 2.48 bits per heavy atom. The van der Waals surface area contributed by atoms with Crippen LogP contribution < -0.4 is 10.6 Å². The Balaban J connectivity index is 1.82. The Labute approximate surface area is 124 Å². The summed E-state index contributed by atoms with van der Waals surface area (Å²) < 4.78 is 22.2. The SMILES string of the molecule is CS(=O)(=O)CCC(NC(=O)NC1CC2CCC1C2)C(=O)O. The quantitative estimate of drug-likeness (QED) is 0.654. The first-order chi connectivity index (χ1) is 9.74. The second-order valence-corrected chi connectivity index (χ2v) is 8.47. The van der Waals surface area contributed by atoms with E-state index in [-0.39, 0.29) is 18.2 Å². The maximum absolute atomic E-state index is 11.9. The van der Waals surface area contributed by atoms with Gasteiger partial charge in [-0.3, -0.25) is 0 Å². The Bertz CT molecular complexity index is 519. The lowest BCUT2D eigenvalue weighted by Gasteiger charge is -2.24. The number of amides is 2. The van der Waals surface area contributed by atoms with Crippen LogP contribution in [0, 0.1) is 11.8 Å². The number of nitrogens with one attached hydrogen (secondary N) is 2. The lowest BCUT2D eigenvalue weighted by molar-refractivity contribution is -0.139. The molecule has 8 heteroatoms. The van der Waals surface area contributed by atoms with Crippen molar-refractivity contribution in [1.29, 1.82) is 0 Å². The highest BCUT2D eigenvalue weighted by atomic mass is 32.2. The molecule has 4 unspecified atom stereocenters. The summed E-state index contributed by atoms with van der Waals surface area (Å²) in [5.74, 6) is -0.305. The summed E-state index contributed by atoms with van der Waals surface area (Å²) in [6.07, 6.45) is 5.35. The fourth-order valence-electron chi connectivity index (χ4n) is 3.38. The van der Waals surface area contributed by atoms with Crippen molar-refractivity contribution in [3.63, 3.8) is 0 Å². The molecule has 4 atom stereocenters. The highest BCUT2D eigenvalue weighted by Crippen LogP contribution is 2.44. The molecule has 3 N–H and O–H groups in total. The van der Waals surface area contributed by atoms with E-state index in [2.05, 4.69) is 10.6 Å². The molecule has 0 radical (unpaired) electrons. The summed E-state index contributed by atoms with van der Waals surface area (Å²) in [5, 5.41) is 14.2. The average molecular weight is 318 g/mol. The Morgan fingerprint density at radius 1 is 1.29 bits per heavy atom. The number of carbonyl (C=O) groups excluding carboxylic acids is 1. The smallest absolute Gasteiger partial charge is 0.326 e. The summed E-state index contributed by atoms with van der Waals surface area (Å²) in [5.41, 5.74) is 0. The molecule has 120 valence electrons. The molecule has 2 saturated carbocycles. The summed E-state index contributed by atoms with van der Waals surface area (Å²) in [6.45, 7) is 0. The van der Waals surface area contributed by atoms with Crippen molar-refractivity contribution < 1.29 is 23.1 Å². The van der Waals surface area contributed by atoms with Crippen LogP contribution in [0.3, 0.4) is 0 Å². The third kappa shape index (κ3) is 4.59. The molecule has 0 heterocycles. The standard InChI is InChI=1S/C13H22N2O5S/c1-21(19,20)5-4-10(12(16)17)14-13(18)15-11-7-8-2-3-9(11)6-8/h8-11H,2-7H2,1H3,(H,16,17)(H2,14,15,18). The molecule has 2 fully saturated rings. The van der Waals surface area contributed by atoms with Crippen LogP contribution in [0.1, 0.15) is 32.1 Å². The zero-order valence-corrected chi connectivity index (χ0v) is 12.9. The fraction of sp³-hybridized carbons (Fsp3) is 0.846. The predicted molar refractivity (Wildman–Crippen MR) is 76.7 cm³/mol. The first-order valence-corrected chi connectivity index (χ1v) is 9.28. The monoisotopic (exact) mass is 318 g/mol. The Morgan fingerprint density at radius 2 is 2.00 bits per heavy atom. The van der Waals surface area contributed by atoms with Crippen LogP contribution in [0.2, 0.25) is 0 Å². The molecule has 2 bridgehead atoms. The second-order valence-electron chi connectivity index (χ2n) is 6.21. The minimum atomic E-state index is -3.25. The zero-order chi connectivity index (χ0) is 15.6. The number of carboxylic acid groups (broad SMARTS) is 1. The van der Waals surface area contributed by atoms with Gasteiger partial charge in [0.05, 0.1) is 5.75 Å². The van der Waals surface area contributed by atoms with Gasteiger partial charge in [-0.1, -0.05) is 6.42 Å². The number of hydrogen-bond acceptors (Lipinski definition) is 4. The van der Waals surface area contributed by atoms with E-state index in [4.69, 9.17) is 5.11 Å². The van der Waals surface area contributed by atoms with Gasteiger partial charge >= 0.3 is 12.0 Å². The van der Waals surface area contributed by atoms with E-state index >= 15 is 0 Å². The van der Waals surface area contributed by atoms with Crippen LogP contribution >= 0.6 is 0 Å². The van der Waals surface area contributed by atoms with Crippen LogP contribution in [0.5, 0.6) is 0 Å². The van der Waals surface area contributed by atoms with Gasteiger partial charge < -0.3 is 15.7 Å². The van der Waals surface area contributed by atoms with Gasteiger partial charge in [0, 0.05) is 12.3 Å². The molecule has 2 rings (SSSR count). The van der Waals surface area contributed by atoms with Crippen molar-refractivity contribution >= 4 is 21.8 Å². The topological polar surface area (TPSA) is 113 Å². The molecule has 0 aliphatic heterocycles. The number of carbonyl (C=O) groups is 2. The van der Waals surface area contributed by atoms with Crippen molar-refractivity contribution in [3.05, 3.63) is 0 Å². The number of sulfone groups is 1. The van der Waals surface area contributed by atoms with Crippen molar-refractivity contribution in [2.24, 2.45) is 11.8 Å². The first kappa shape index (κ1) is 16.1. The summed E-state index contributed by atoms with van der Waals surface area (Å²) in [7, 11) is -3.25. The molecule has 0 aromatic rings. The lowest BCUT2D eigenvalue weighted by Crippen LogP contribution is -2.50. The molecule has 2 aliphatic rings. The van der Waals surface area contributed by atoms with Gasteiger partial charge in [0.2, 0.25) is 0 Å². The van der Waals surface area contributed by atoms with E-state index in [1.165, 1.54) is 6.42 Å². The summed E-state index contributed by atoms with van der Waals surface area (Å²) >= 11 is 0. The van der Waals surface area contributed by atoms with E-state index in [0.29, 0.717) is 11.8 Å². The van der Waals surface area contributed by atoms with Crippen molar-refractivity contribution in [1.82, 2.24) is 10.6 Å². The first-order valence-electron chi connectivity index (χ1n) is 7.22. The molecular weight excluding hydrogens is 296 g/mol. The van der Waals surface area contributed by atoms with Crippen LogP contribution in [0.15, 0.2) is 0 Å². The van der Waals surface area contributed by atoms with Gasteiger partial charge in [-0.2, -0.15) is 0 Å². The molecule has 0 saturated heterocycles. The fourth-order valence-corrected chi connectivity index (χ4v) is 4.04. The normalized spacial score (nSPS) is 29.1. The van der Waals surface area contributed by atoms with E-state index in [1.54, 1.807) is 0 Å². The van der Waals surface area contributed by atoms with Crippen LogP contribution in [0.4, 0.5) is 4.79 Å². The minimum absolute atomic E-state index is 0.119. The predicted octanol–water partition coefficient (Wildman–Crippen LogP) is 0.362. The number of rotatable bonds is 6. The number of fused-ring (bicyclic) bond motifs is 2. The van der Waals surface area contributed by atoms with E-state index in [9.17, 15) is 18.0 Å². The van der Waals surface area contributed by atoms with Crippen LogP contribution in [-0.4, -0.2) is 49.6 Å². The van der Waals surface area contributed by atoms with E-state index in [1.807, 2.05) is 0 Å². The van der Waals surface area contributed by atoms with E-state index in [0.717, 1.165) is 25.5 Å². The average Bonchev–Trinajstić information content (AvgIpc) is 2.94. The third-order valence-electron chi connectivity index (χ3n) is 4.44. The number of carboxylic acids is 1. The third-order valence-corrected chi connectivity index (χ3v) is 5.41. The molecular formula is C13H22N2O5S. The number of urea groups is 1. The lowest BCUT2D eigenvalue weighted by atomic mass is 9.95. The number of hydrogen-bond donors (Lipinski definition) is 3. The maximum Gasteiger partial charge on any atom is 0.326 e. The molecule has 21 heavy (non-hydrogen) atoms. The van der Waals surface area contributed by atoms with Gasteiger partial charge in [-0.25, -0.2) is 18.0 Å². The van der Waals surface area contributed by atoms with Gasteiger partial charge in [0.1, 0.15) is 15.9 Å². The van der Waals surface area contributed by atoms with Gasteiger partial charge in [0.15, 0.2) is 0 Å². The molecule has 2 aliphatic carbocycles. The van der Waals surface area contributed by atoms with Crippen LogP contribution in [0.25, 0.3) is 0 Å². The molecule has 0 spiro atoms. The summed E-state index contributed by atoms with van der Waals surface area (Å²) in [6, 6.07) is -1.58. The minimum Gasteiger partial charge on any atom is -0.480 e. The zero-order valence-electron chi connectivity index (χ0n) is 12.0. The van der Waals surface area contributed by atoms with Gasteiger partial charge in [-0.05, 0) is 37.5 Å². The van der Waals surface area contributed by atoms with Gasteiger partial charge in [-0.15, -0.1) is 0 Å². The van der Waals surface area contributed by atoms with Gasteiger partial charge in [0.25, 0.3) is 0 Å². The molecule has 0 aromatic heterocycles. The number of aliphatic carboxylic acids is 1. The highest BCUT2D eigenvalue weighted by Gasteiger charge is 2.40.